The minimum atomic E-state index is -0.565. The Hall–Kier alpha value is -5.26. The molecule has 12 nitrogen and oxygen atoms in total. The summed E-state index contributed by atoms with van der Waals surface area (Å²) in [6.07, 6.45) is 6.80. The number of unbranched alkanes of at least 4 members (excludes halogenated alkanes) is 3. The summed E-state index contributed by atoms with van der Waals surface area (Å²) < 4.78 is 12.1. The van der Waals surface area contributed by atoms with Gasteiger partial charge in [0.2, 0.25) is 0 Å². The monoisotopic (exact) mass is 627 g/mol. The second kappa shape index (κ2) is 17.3. The molecule has 0 saturated heterocycles. The minimum Gasteiger partial charge on any atom is -0.466 e. The van der Waals surface area contributed by atoms with Crippen LogP contribution in [0.4, 0.5) is 16.3 Å². The first-order valence-corrected chi connectivity index (χ1v) is 15.5. The van der Waals surface area contributed by atoms with Crippen molar-refractivity contribution in [3.8, 4) is 0 Å². The summed E-state index contributed by atoms with van der Waals surface area (Å²) in [4.78, 5) is 48.0. The van der Waals surface area contributed by atoms with Crippen molar-refractivity contribution in [1.29, 1.82) is 0 Å². The summed E-state index contributed by atoms with van der Waals surface area (Å²) in [7, 11) is 1.90. The molecule has 2 amide bonds. The number of esters is 1. The number of carbonyl (C=O) groups is 3. The molecule has 0 unspecified atom stereocenters. The molecule has 12 heteroatoms. The van der Waals surface area contributed by atoms with Gasteiger partial charge in [-0.15, -0.1) is 0 Å². The van der Waals surface area contributed by atoms with Gasteiger partial charge >= 0.3 is 12.1 Å². The maximum absolute atomic E-state index is 13.6. The van der Waals surface area contributed by atoms with Gasteiger partial charge in [-0.05, 0) is 61.4 Å². The molecule has 0 aliphatic heterocycles. The molecule has 0 bridgehead atoms. The molecule has 0 spiro atoms. The van der Waals surface area contributed by atoms with E-state index in [0.717, 1.165) is 53.8 Å². The lowest BCUT2D eigenvalue weighted by Crippen LogP contribution is -2.34. The molecular formula is C34H41N7O5. The first kappa shape index (κ1) is 33.6. The summed E-state index contributed by atoms with van der Waals surface area (Å²) >= 11 is 0. The van der Waals surface area contributed by atoms with Crippen molar-refractivity contribution in [3.63, 3.8) is 0 Å². The normalized spacial score (nSPS) is 11.0. The van der Waals surface area contributed by atoms with Crippen molar-refractivity contribution in [3.05, 3.63) is 83.8 Å². The van der Waals surface area contributed by atoms with Crippen LogP contribution in [0, 0.1) is 0 Å². The third-order valence-corrected chi connectivity index (χ3v) is 7.20. The SMILES string of the molecule is CCCCCCOC(=O)N/N=C\c1ccc(NCc2nc3ccc(C(=O)N(CCC(=O)OCC)c4ccccn4)cc3n2C)cc1. The number of fused-ring (bicyclic) bond motifs is 1. The summed E-state index contributed by atoms with van der Waals surface area (Å²) in [5.74, 6) is 0.590. The smallest absolute Gasteiger partial charge is 0.427 e. The second-order valence-electron chi connectivity index (χ2n) is 10.5. The van der Waals surface area contributed by atoms with Crippen LogP contribution in [0.5, 0.6) is 0 Å². The zero-order chi connectivity index (χ0) is 32.7. The largest absolute Gasteiger partial charge is 0.466 e. The van der Waals surface area contributed by atoms with Gasteiger partial charge in [-0.25, -0.2) is 20.2 Å². The quantitative estimate of drug-likeness (QED) is 0.0686. The highest BCUT2D eigenvalue weighted by Crippen LogP contribution is 2.21. The van der Waals surface area contributed by atoms with Gasteiger partial charge in [0.25, 0.3) is 5.91 Å². The fraction of sp³-hybridized carbons (Fsp3) is 0.353. The van der Waals surface area contributed by atoms with Crippen molar-refractivity contribution in [2.24, 2.45) is 12.1 Å². The molecule has 0 radical (unpaired) electrons. The summed E-state index contributed by atoms with van der Waals surface area (Å²) in [6, 6.07) is 18.2. The molecule has 0 fully saturated rings. The van der Waals surface area contributed by atoms with E-state index < -0.39 is 6.09 Å². The Balaban J connectivity index is 1.36. The van der Waals surface area contributed by atoms with Gasteiger partial charge in [0.05, 0.1) is 43.4 Å². The lowest BCUT2D eigenvalue weighted by molar-refractivity contribution is -0.142. The zero-order valence-corrected chi connectivity index (χ0v) is 26.6. The second-order valence-corrected chi connectivity index (χ2v) is 10.5. The molecule has 2 heterocycles. The number of ether oxygens (including phenoxy) is 2. The van der Waals surface area contributed by atoms with Crippen molar-refractivity contribution in [2.75, 3.05) is 30.0 Å². The molecule has 2 aromatic heterocycles. The van der Waals surface area contributed by atoms with Gasteiger partial charge in [-0.1, -0.05) is 44.4 Å². The molecule has 2 aromatic carbocycles. The van der Waals surface area contributed by atoms with E-state index in [1.165, 1.54) is 4.90 Å². The van der Waals surface area contributed by atoms with E-state index in [1.807, 2.05) is 41.9 Å². The van der Waals surface area contributed by atoms with E-state index >= 15 is 0 Å². The third kappa shape index (κ3) is 9.62. The van der Waals surface area contributed by atoms with Crippen molar-refractivity contribution >= 4 is 46.7 Å². The maximum Gasteiger partial charge on any atom is 0.427 e. The van der Waals surface area contributed by atoms with Gasteiger partial charge in [-0.2, -0.15) is 5.10 Å². The lowest BCUT2D eigenvalue weighted by Gasteiger charge is -2.21. The Morgan fingerprint density at radius 3 is 2.57 bits per heavy atom. The van der Waals surface area contributed by atoms with Crippen LogP contribution in [0.1, 0.15) is 67.7 Å². The van der Waals surface area contributed by atoms with Gasteiger partial charge in [0.1, 0.15) is 11.6 Å². The number of imidazole rings is 1. The highest BCUT2D eigenvalue weighted by atomic mass is 16.6. The Morgan fingerprint density at radius 1 is 1.00 bits per heavy atom. The van der Waals surface area contributed by atoms with Crippen LogP contribution in [-0.4, -0.2) is 58.5 Å². The molecule has 4 aromatic rings. The fourth-order valence-corrected chi connectivity index (χ4v) is 4.71. The number of benzene rings is 2. The molecule has 0 saturated carbocycles. The van der Waals surface area contributed by atoms with E-state index in [0.29, 0.717) is 24.5 Å². The average molecular weight is 628 g/mol. The number of aryl methyl sites for hydroxylation is 1. The van der Waals surface area contributed by atoms with Crippen LogP contribution in [0.15, 0.2) is 72.0 Å². The number of amides is 2. The minimum absolute atomic E-state index is 0.0541. The zero-order valence-electron chi connectivity index (χ0n) is 26.6. The highest BCUT2D eigenvalue weighted by Gasteiger charge is 2.21. The predicted molar refractivity (Wildman–Crippen MR) is 178 cm³/mol. The number of aromatic nitrogens is 3. The number of carbonyl (C=O) groups excluding carboxylic acids is 3. The Bertz CT molecular complexity index is 1620. The lowest BCUT2D eigenvalue weighted by atomic mass is 10.1. The van der Waals surface area contributed by atoms with Gasteiger partial charge in [0.15, 0.2) is 0 Å². The summed E-state index contributed by atoms with van der Waals surface area (Å²) in [5, 5.41) is 7.33. The van der Waals surface area contributed by atoms with E-state index in [1.54, 1.807) is 49.7 Å². The van der Waals surface area contributed by atoms with Crippen molar-refractivity contribution in [1.82, 2.24) is 20.0 Å². The average Bonchev–Trinajstić information content (AvgIpc) is 3.39. The number of hydrogen-bond donors (Lipinski definition) is 2. The Morgan fingerprint density at radius 2 is 1.83 bits per heavy atom. The van der Waals surface area contributed by atoms with Gasteiger partial charge in [0, 0.05) is 31.0 Å². The number of anilines is 2. The molecule has 4 rings (SSSR count). The number of rotatable bonds is 16. The molecule has 46 heavy (non-hydrogen) atoms. The molecule has 2 N–H and O–H groups in total. The Kier molecular flexibility index (Phi) is 12.6. The molecule has 242 valence electrons. The molecular weight excluding hydrogens is 586 g/mol. The number of hydrogen-bond acceptors (Lipinski definition) is 9. The topological polar surface area (TPSA) is 140 Å². The summed E-state index contributed by atoms with van der Waals surface area (Å²) in [5.41, 5.74) is 6.08. The standard InChI is InChI=1S/C34H41N7O5/c1-4-6-7-10-21-46-34(44)39-37-23-25-12-15-27(16-13-25)36-24-31-38-28-17-14-26(22-29(28)40(31)3)33(43)41(20-18-32(42)45-5-2)30-11-8-9-19-35-30/h8-9,11-17,19,22-23,36H,4-7,10,18,20-21,24H2,1-3H3,(H,39,44)/b37-23-. The predicted octanol–water partition coefficient (Wildman–Crippen LogP) is 5.82. The van der Waals surface area contributed by atoms with Crippen LogP contribution in [-0.2, 0) is 27.9 Å². The fourth-order valence-electron chi connectivity index (χ4n) is 4.71. The number of pyridine rings is 1. The van der Waals surface area contributed by atoms with Crippen LogP contribution in [0.3, 0.4) is 0 Å². The van der Waals surface area contributed by atoms with Crippen molar-refractivity contribution < 1.29 is 23.9 Å². The van der Waals surface area contributed by atoms with Crippen molar-refractivity contribution in [2.45, 2.75) is 52.5 Å². The van der Waals surface area contributed by atoms with E-state index in [-0.39, 0.29) is 31.4 Å². The molecule has 0 aliphatic rings. The van der Waals surface area contributed by atoms with Crippen LogP contribution in [0.2, 0.25) is 0 Å². The van der Waals surface area contributed by atoms with Crippen LogP contribution in [0.25, 0.3) is 11.0 Å². The molecule has 0 aliphatic carbocycles. The first-order valence-electron chi connectivity index (χ1n) is 15.5. The number of nitrogens with one attached hydrogen (secondary N) is 2. The van der Waals surface area contributed by atoms with E-state index in [4.69, 9.17) is 14.5 Å². The van der Waals surface area contributed by atoms with Gasteiger partial charge in [-0.3, -0.25) is 14.5 Å². The highest BCUT2D eigenvalue weighted by molar-refractivity contribution is 6.07. The van der Waals surface area contributed by atoms with E-state index in [9.17, 15) is 14.4 Å². The number of nitrogens with zero attached hydrogens (tertiary/aromatic N) is 5. The Labute approximate surface area is 268 Å². The van der Waals surface area contributed by atoms with E-state index in [2.05, 4.69) is 27.8 Å². The first-order chi connectivity index (χ1) is 22.4. The van der Waals surface area contributed by atoms with Crippen LogP contribution >= 0.6 is 0 Å². The summed E-state index contributed by atoms with van der Waals surface area (Å²) in [6.45, 7) is 5.13. The molecule has 0 atom stereocenters. The third-order valence-electron chi connectivity index (χ3n) is 7.20. The van der Waals surface area contributed by atoms with Gasteiger partial charge < -0.3 is 19.4 Å². The maximum atomic E-state index is 13.6. The number of hydrazone groups is 1. The van der Waals surface area contributed by atoms with Crippen LogP contribution < -0.4 is 15.6 Å².